The fourth-order valence-electron chi connectivity index (χ4n) is 11.4. The predicted molar refractivity (Wildman–Crippen MR) is 279 cm³/mol. The Labute approximate surface area is 428 Å². The van der Waals surface area contributed by atoms with E-state index in [0.717, 1.165) is 51.4 Å². The molecule has 4 aliphatic rings. The third-order valence-electron chi connectivity index (χ3n) is 15.1. The maximum atomic E-state index is 12.6. The van der Waals surface area contributed by atoms with E-state index < -0.39 is 60.3 Å². The largest absolute Gasteiger partial charge is 0.247 e. The van der Waals surface area contributed by atoms with Crippen LogP contribution in [0.5, 0.6) is 0 Å². The van der Waals surface area contributed by atoms with Crippen molar-refractivity contribution in [2.24, 2.45) is 21.7 Å². The van der Waals surface area contributed by atoms with E-state index in [4.69, 9.17) is 0 Å². The maximum Gasteiger partial charge on any atom is 0.247 e. The second-order valence-electron chi connectivity index (χ2n) is 20.4. The van der Waals surface area contributed by atoms with E-state index in [0.29, 0.717) is 51.4 Å². The first kappa shape index (κ1) is 58.0. The Morgan fingerprint density at radius 1 is 0.375 bits per heavy atom. The highest BCUT2D eigenvalue weighted by Gasteiger charge is 2.50. The lowest BCUT2D eigenvalue weighted by Gasteiger charge is -2.29. The average molecular weight is 1070 g/mol. The van der Waals surface area contributed by atoms with Gasteiger partial charge in [0.1, 0.15) is 0 Å². The van der Waals surface area contributed by atoms with Gasteiger partial charge in [-0.3, -0.25) is 0 Å². The molecule has 0 saturated heterocycles. The molecule has 20 heteroatoms. The van der Waals surface area contributed by atoms with E-state index in [-0.39, 0.29) is 42.3 Å². The molecule has 8 atom stereocenters. The number of aromatic nitrogens is 8. The van der Waals surface area contributed by atoms with Crippen LogP contribution in [-0.2, 0) is 39.3 Å². The van der Waals surface area contributed by atoms with Crippen molar-refractivity contribution >= 4 is 39.3 Å². The average Bonchev–Trinajstić information content (AvgIpc) is 4.17. The Bertz CT molecular complexity index is 2510. The molecule has 4 aromatic heterocycles. The van der Waals surface area contributed by atoms with Crippen LogP contribution in [0.2, 0.25) is 0 Å². The van der Waals surface area contributed by atoms with Gasteiger partial charge in [-0.2, -0.15) is 0 Å². The minimum absolute atomic E-state index is 0.0489. The molecule has 8 rings (SSSR count). The van der Waals surface area contributed by atoms with E-state index in [1.165, 1.54) is 49.6 Å². The summed E-state index contributed by atoms with van der Waals surface area (Å²) in [5.74, 6) is 0. The second kappa shape index (κ2) is 24.4. The van der Waals surface area contributed by atoms with Crippen molar-refractivity contribution in [3.8, 4) is 0 Å². The molecule has 0 N–H and O–H groups in total. The summed E-state index contributed by atoms with van der Waals surface area (Å²) in [6, 6.07) is 6.49. The Balaban J connectivity index is 0.000000178. The topological polar surface area (TPSA) is 240 Å². The summed E-state index contributed by atoms with van der Waals surface area (Å²) in [5.41, 5.74) is -0.945. The highest BCUT2D eigenvalue weighted by molar-refractivity contribution is 7.92. The minimum Gasteiger partial charge on any atom is -0.227 e. The predicted octanol–water partition coefficient (Wildman–Crippen LogP) is 9.54. The van der Waals surface area contributed by atoms with E-state index in [1.54, 1.807) is 48.6 Å². The summed E-state index contributed by atoms with van der Waals surface area (Å²) in [7, 11) is -13.8. The van der Waals surface area contributed by atoms with Crippen LogP contribution >= 0.6 is 0 Å². The van der Waals surface area contributed by atoms with E-state index in [2.05, 4.69) is 66.2 Å². The standard InChI is InChI=1S/4C13H18N2O2S/c4*1-3-7-13(2)8-4-6-11(13)18(16,17)12-14-9-5-10-15-12/h4*3,5,9-11H,1,4,6-8H2,2H3/t2*11-,13+;2*11-,13-/m1010/s1. The molecule has 392 valence electrons. The van der Waals surface area contributed by atoms with Crippen LogP contribution in [0.1, 0.15) is 130 Å². The van der Waals surface area contributed by atoms with Crippen molar-refractivity contribution in [2.45, 2.75) is 172 Å². The smallest absolute Gasteiger partial charge is 0.227 e. The molecular weight excluding hydrogens is 993 g/mol. The first-order valence-electron chi connectivity index (χ1n) is 24.5. The summed E-state index contributed by atoms with van der Waals surface area (Å²) in [5, 5.41) is -1.79. The molecular formula is C52H72N8O8S4. The molecule has 16 nitrogen and oxygen atoms in total. The Kier molecular flexibility index (Phi) is 19.7. The van der Waals surface area contributed by atoms with Crippen LogP contribution in [0.3, 0.4) is 0 Å². The lowest BCUT2D eigenvalue weighted by Crippen LogP contribution is -2.34. The first-order valence-corrected chi connectivity index (χ1v) is 30.7. The quantitative estimate of drug-likeness (QED) is 0.0749. The van der Waals surface area contributed by atoms with Crippen molar-refractivity contribution in [3.63, 3.8) is 0 Å². The van der Waals surface area contributed by atoms with Crippen LogP contribution in [0.4, 0.5) is 0 Å². The van der Waals surface area contributed by atoms with Gasteiger partial charge >= 0.3 is 0 Å². The van der Waals surface area contributed by atoms with Crippen LogP contribution in [0.25, 0.3) is 0 Å². The van der Waals surface area contributed by atoms with Crippen molar-refractivity contribution in [3.05, 3.63) is 124 Å². The second-order valence-corrected chi connectivity index (χ2v) is 28.5. The molecule has 0 aromatic carbocycles. The summed E-state index contributed by atoms with van der Waals surface area (Å²) < 4.78 is 101. The molecule has 4 fully saturated rings. The van der Waals surface area contributed by atoms with Crippen molar-refractivity contribution in [1.82, 2.24) is 39.9 Å². The van der Waals surface area contributed by atoms with Gasteiger partial charge < -0.3 is 0 Å². The highest BCUT2D eigenvalue weighted by Crippen LogP contribution is 2.49. The number of hydrogen-bond donors (Lipinski definition) is 0. The van der Waals surface area contributed by atoms with Crippen LogP contribution in [-0.4, -0.2) is 94.5 Å². The van der Waals surface area contributed by atoms with Gasteiger partial charge in [-0.1, -0.05) is 77.7 Å². The van der Waals surface area contributed by atoms with Crippen molar-refractivity contribution in [2.75, 3.05) is 0 Å². The fraction of sp³-hybridized carbons (Fsp3) is 0.538. The Hall–Kier alpha value is -4.92. The number of sulfone groups is 4. The summed E-state index contributed by atoms with van der Waals surface area (Å²) in [4.78, 5) is 31.2. The van der Waals surface area contributed by atoms with Gasteiger partial charge in [-0.25, -0.2) is 73.5 Å². The number of rotatable bonds is 16. The third-order valence-corrected chi connectivity index (χ3v) is 24.2. The lowest BCUT2D eigenvalue weighted by molar-refractivity contribution is 0.340. The number of hydrogen-bond acceptors (Lipinski definition) is 16. The third kappa shape index (κ3) is 13.1. The number of allylic oxidation sites excluding steroid dienone is 4. The monoisotopic (exact) mass is 1060 g/mol. The highest BCUT2D eigenvalue weighted by atomic mass is 32.2. The SMILES string of the molecule is C=CC[C@@]1(C)CCC[C@@H]1S(=O)(=O)c1ncccn1.C=CC[C@@]1(C)CCC[C@H]1S(=O)(=O)c1ncccn1.C=CC[C@]1(C)CCC[C@@H]1S(=O)(=O)c1ncccn1.C=CC[C@]1(C)CCC[C@H]1S(=O)(=O)c1ncccn1. The molecule has 72 heavy (non-hydrogen) atoms. The molecule has 4 saturated carbocycles. The van der Waals surface area contributed by atoms with Gasteiger partial charge in [-0.05, 0) is 123 Å². The normalized spacial score (nSPS) is 28.2. The van der Waals surface area contributed by atoms with Crippen LogP contribution < -0.4 is 0 Å². The first-order chi connectivity index (χ1) is 34.0. The van der Waals surface area contributed by atoms with E-state index in [1.807, 2.05) is 27.7 Å². The zero-order chi connectivity index (χ0) is 52.9. The molecule has 0 spiro atoms. The van der Waals surface area contributed by atoms with Gasteiger partial charge in [0.05, 0.1) is 21.0 Å². The van der Waals surface area contributed by atoms with Crippen molar-refractivity contribution < 1.29 is 33.7 Å². The van der Waals surface area contributed by atoms with Crippen LogP contribution in [0, 0.1) is 21.7 Å². The molecule has 4 heterocycles. The molecule has 4 aliphatic carbocycles. The molecule has 0 unspecified atom stereocenters. The molecule has 4 aromatic rings. The minimum atomic E-state index is -3.44. The van der Waals surface area contributed by atoms with Gasteiger partial charge in [0.2, 0.25) is 60.0 Å². The van der Waals surface area contributed by atoms with Crippen LogP contribution in [0.15, 0.2) is 145 Å². The van der Waals surface area contributed by atoms with Gasteiger partial charge in [0.15, 0.2) is 0 Å². The van der Waals surface area contributed by atoms with Gasteiger partial charge in [0, 0.05) is 49.6 Å². The molecule has 0 bridgehead atoms. The summed E-state index contributed by atoms with van der Waals surface area (Å²) >= 11 is 0. The molecule has 0 aliphatic heterocycles. The van der Waals surface area contributed by atoms with Crippen molar-refractivity contribution in [1.29, 1.82) is 0 Å². The molecule has 0 amide bonds. The Morgan fingerprint density at radius 3 is 0.694 bits per heavy atom. The maximum absolute atomic E-state index is 12.6. The lowest BCUT2D eigenvalue weighted by atomic mass is 9.85. The van der Waals surface area contributed by atoms with Gasteiger partial charge in [0.25, 0.3) is 0 Å². The Morgan fingerprint density at radius 2 is 0.542 bits per heavy atom. The number of nitrogens with zero attached hydrogens (tertiary/aromatic N) is 8. The molecule has 0 radical (unpaired) electrons. The zero-order valence-electron chi connectivity index (χ0n) is 42.2. The van der Waals surface area contributed by atoms with E-state index in [9.17, 15) is 33.7 Å². The fourth-order valence-corrected chi connectivity index (χ4v) is 19.9. The summed E-state index contributed by atoms with van der Waals surface area (Å²) in [6.45, 7) is 23.0. The van der Waals surface area contributed by atoms with E-state index >= 15 is 0 Å². The summed E-state index contributed by atoms with van der Waals surface area (Å²) in [6.07, 6.45) is 32.0. The zero-order valence-corrected chi connectivity index (χ0v) is 45.4. The van der Waals surface area contributed by atoms with Gasteiger partial charge in [-0.15, -0.1) is 26.3 Å².